The molecule has 1 aliphatic heterocycles. The number of hydrogen-bond acceptors (Lipinski definition) is 3. The number of para-hydroxylation sites is 1. The molecule has 106 valence electrons. The summed E-state index contributed by atoms with van der Waals surface area (Å²) in [4.78, 5) is 2.43. The lowest BCUT2D eigenvalue weighted by molar-refractivity contribution is 0.161. The van der Waals surface area contributed by atoms with Crippen LogP contribution in [0.1, 0.15) is 31.4 Å². The van der Waals surface area contributed by atoms with Crippen LogP contribution in [0.25, 0.3) is 0 Å². The van der Waals surface area contributed by atoms with E-state index in [0.717, 1.165) is 44.6 Å². The van der Waals surface area contributed by atoms with Crippen LogP contribution in [-0.2, 0) is 0 Å². The predicted molar refractivity (Wildman–Crippen MR) is 75.0 cm³/mol. The number of ether oxygens (including phenoxy) is 1. The molecule has 1 aromatic rings. The van der Waals surface area contributed by atoms with Gasteiger partial charge in [0.15, 0.2) is 11.6 Å². The van der Waals surface area contributed by atoms with Gasteiger partial charge < -0.3 is 10.1 Å². The SMILES string of the molecule is CCC[C@@H](c1cccc(F)c1OC)N1CCNCC1. The van der Waals surface area contributed by atoms with Crippen molar-refractivity contribution in [3.63, 3.8) is 0 Å². The second-order valence-corrected chi connectivity index (χ2v) is 4.95. The van der Waals surface area contributed by atoms with Crippen LogP contribution in [0.5, 0.6) is 5.75 Å². The summed E-state index contributed by atoms with van der Waals surface area (Å²) in [5.74, 6) is 0.135. The third-order valence-electron chi connectivity index (χ3n) is 3.72. The molecule has 1 saturated heterocycles. The Labute approximate surface area is 114 Å². The zero-order valence-electron chi connectivity index (χ0n) is 11.8. The van der Waals surface area contributed by atoms with Gasteiger partial charge in [0.1, 0.15) is 0 Å². The Morgan fingerprint density at radius 3 is 2.74 bits per heavy atom. The maximum Gasteiger partial charge on any atom is 0.165 e. The maximum absolute atomic E-state index is 13.9. The van der Waals surface area contributed by atoms with Crippen molar-refractivity contribution in [1.29, 1.82) is 0 Å². The van der Waals surface area contributed by atoms with Crippen molar-refractivity contribution in [2.24, 2.45) is 0 Å². The van der Waals surface area contributed by atoms with Gasteiger partial charge >= 0.3 is 0 Å². The highest BCUT2D eigenvalue weighted by Gasteiger charge is 2.25. The number of nitrogens with one attached hydrogen (secondary N) is 1. The summed E-state index contributed by atoms with van der Waals surface area (Å²) < 4.78 is 19.1. The summed E-state index contributed by atoms with van der Waals surface area (Å²) in [7, 11) is 1.54. The summed E-state index contributed by atoms with van der Waals surface area (Å²) in [6, 6.07) is 5.48. The van der Waals surface area contributed by atoms with Gasteiger partial charge in [-0.1, -0.05) is 25.5 Å². The molecule has 0 aliphatic carbocycles. The van der Waals surface area contributed by atoms with Crippen LogP contribution in [0.3, 0.4) is 0 Å². The van der Waals surface area contributed by atoms with Crippen LogP contribution >= 0.6 is 0 Å². The van der Waals surface area contributed by atoms with Crippen LogP contribution < -0.4 is 10.1 Å². The summed E-state index contributed by atoms with van der Waals surface area (Å²) in [6.07, 6.45) is 2.11. The Balaban J connectivity index is 2.29. The van der Waals surface area contributed by atoms with Crippen molar-refractivity contribution in [1.82, 2.24) is 10.2 Å². The molecular weight excluding hydrogens is 243 g/mol. The molecule has 1 aromatic carbocycles. The van der Waals surface area contributed by atoms with Crippen molar-refractivity contribution in [2.45, 2.75) is 25.8 Å². The maximum atomic E-state index is 13.9. The highest BCUT2D eigenvalue weighted by atomic mass is 19.1. The Morgan fingerprint density at radius 1 is 1.37 bits per heavy atom. The van der Waals surface area contributed by atoms with E-state index in [1.807, 2.05) is 6.07 Å². The van der Waals surface area contributed by atoms with Gasteiger partial charge in [-0.15, -0.1) is 0 Å². The van der Waals surface area contributed by atoms with Gasteiger partial charge in [-0.05, 0) is 12.5 Å². The highest BCUT2D eigenvalue weighted by Crippen LogP contribution is 2.34. The van der Waals surface area contributed by atoms with E-state index in [9.17, 15) is 4.39 Å². The van der Waals surface area contributed by atoms with Crippen LogP contribution in [0, 0.1) is 5.82 Å². The van der Waals surface area contributed by atoms with Gasteiger partial charge in [0.25, 0.3) is 0 Å². The van der Waals surface area contributed by atoms with Gasteiger partial charge in [-0.2, -0.15) is 0 Å². The van der Waals surface area contributed by atoms with E-state index in [1.54, 1.807) is 13.2 Å². The number of piperazine rings is 1. The summed E-state index contributed by atoms with van der Waals surface area (Å²) in [6.45, 7) is 6.17. The molecule has 0 bridgehead atoms. The number of methoxy groups -OCH3 is 1. The number of nitrogens with zero attached hydrogens (tertiary/aromatic N) is 1. The minimum absolute atomic E-state index is 0.248. The van der Waals surface area contributed by atoms with E-state index in [-0.39, 0.29) is 11.9 Å². The van der Waals surface area contributed by atoms with E-state index in [1.165, 1.54) is 6.07 Å². The van der Waals surface area contributed by atoms with Crippen molar-refractivity contribution in [2.75, 3.05) is 33.3 Å². The first kappa shape index (κ1) is 14.3. The molecule has 4 heteroatoms. The number of rotatable bonds is 5. The van der Waals surface area contributed by atoms with Gasteiger partial charge in [-0.3, -0.25) is 4.90 Å². The van der Waals surface area contributed by atoms with Crippen LogP contribution in [0.15, 0.2) is 18.2 Å². The molecular formula is C15H23FN2O. The Kier molecular flexibility index (Phi) is 5.16. The van der Waals surface area contributed by atoms with Gasteiger partial charge in [0.2, 0.25) is 0 Å². The minimum Gasteiger partial charge on any atom is -0.493 e. The number of hydrogen-bond donors (Lipinski definition) is 1. The van der Waals surface area contributed by atoms with Gasteiger partial charge in [-0.25, -0.2) is 4.39 Å². The van der Waals surface area contributed by atoms with Crippen molar-refractivity contribution in [3.8, 4) is 5.75 Å². The molecule has 1 aliphatic rings. The molecule has 2 rings (SSSR count). The first-order chi connectivity index (χ1) is 9.27. The highest BCUT2D eigenvalue weighted by molar-refractivity contribution is 5.37. The third-order valence-corrected chi connectivity index (χ3v) is 3.72. The van der Waals surface area contributed by atoms with E-state index in [0.29, 0.717) is 5.75 Å². The van der Waals surface area contributed by atoms with E-state index < -0.39 is 0 Å². The zero-order valence-corrected chi connectivity index (χ0v) is 11.8. The van der Waals surface area contributed by atoms with E-state index in [2.05, 4.69) is 17.1 Å². The molecule has 3 nitrogen and oxygen atoms in total. The van der Waals surface area contributed by atoms with Crippen molar-refractivity contribution >= 4 is 0 Å². The lowest BCUT2D eigenvalue weighted by Gasteiger charge is -2.35. The monoisotopic (exact) mass is 266 g/mol. The molecule has 1 fully saturated rings. The summed E-state index contributed by atoms with van der Waals surface area (Å²) in [5.41, 5.74) is 0.978. The minimum atomic E-state index is -0.267. The topological polar surface area (TPSA) is 24.5 Å². The first-order valence-electron chi connectivity index (χ1n) is 7.05. The zero-order chi connectivity index (χ0) is 13.7. The lowest BCUT2D eigenvalue weighted by atomic mass is 9.98. The number of benzene rings is 1. The van der Waals surface area contributed by atoms with Gasteiger partial charge in [0, 0.05) is 37.8 Å². The van der Waals surface area contributed by atoms with Gasteiger partial charge in [0.05, 0.1) is 7.11 Å². The van der Waals surface area contributed by atoms with Crippen LogP contribution in [-0.4, -0.2) is 38.2 Å². The fourth-order valence-electron chi connectivity index (χ4n) is 2.81. The summed E-state index contributed by atoms with van der Waals surface area (Å²) >= 11 is 0. The Morgan fingerprint density at radius 2 is 2.11 bits per heavy atom. The first-order valence-corrected chi connectivity index (χ1v) is 7.05. The molecule has 19 heavy (non-hydrogen) atoms. The smallest absolute Gasteiger partial charge is 0.165 e. The molecule has 1 N–H and O–H groups in total. The van der Waals surface area contributed by atoms with E-state index >= 15 is 0 Å². The molecule has 0 radical (unpaired) electrons. The quantitative estimate of drug-likeness (QED) is 0.886. The van der Waals surface area contributed by atoms with Crippen molar-refractivity contribution < 1.29 is 9.13 Å². The fraction of sp³-hybridized carbons (Fsp3) is 0.600. The molecule has 0 aromatic heterocycles. The van der Waals surface area contributed by atoms with E-state index in [4.69, 9.17) is 4.74 Å². The van der Waals surface area contributed by atoms with Crippen LogP contribution in [0.4, 0.5) is 4.39 Å². The number of halogens is 1. The van der Waals surface area contributed by atoms with Crippen LogP contribution in [0.2, 0.25) is 0 Å². The summed E-state index contributed by atoms with van der Waals surface area (Å²) in [5, 5.41) is 3.36. The molecule has 1 heterocycles. The second kappa shape index (κ2) is 6.87. The normalized spacial score (nSPS) is 18.3. The average molecular weight is 266 g/mol. The largest absolute Gasteiger partial charge is 0.493 e. The Bertz CT molecular complexity index is 405. The fourth-order valence-corrected chi connectivity index (χ4v) is 2.81. The second-order valence-electron chi connectivity index (χ2n) is 4.95. The molecule has 0 amide bonds. The Hall–Kier alpha value is -1.13. The third kappa shape index (κ3) is 3.25. The average Bonchev–Trinajstić information content (AvgIpc) is 2.45. The molecule has 1 atom stereocenters. The lowest BCUT2D eigenvalue weighted by Crippen LogP contribution is -2.45. The molecule has 0 saturated carbocycles. The standard InChI is InChI=1S/C15H23FN2O/c1-3-5-14(18-10-8-17-9-11-18)12-6-4-7-13(16)15(12)19-2/h4,6-7,14,17H,3,5,8-11H2,1-2H3/t14-/m0/s1. The van der Waals surface area contributed by atoms with Crippen molar-refractivity contribution in [3.05, 3.63) is 29.6 Å². The predicted octanol–water partition coefficient (Wildman–Crippen LogP) is 2.58. The molecule has 0 unspecified atom stereocenters. The molecule has 0 spiro atoms.